The van der Waals surface area contributed by atoms with Crippen molar-refractivity contribution in [2.45, 2.75) is 20.3 Å². The molecule has 1 aromatic heterocycles. The van der Waals surface area contributed by atoms with Crippen LogP contribution in [0.3, 0.4) is 0 Å². The summed E-state index contributed by atoms with van der Waals surface area (Å²) in [6.07, 6.45) is 2.33. The Bertz CT molecular complexity index is 937. The molecule has 0 unspecified atom stereocenters. The Labute approximate surface area is 172 Å². The molecule has 1 N–H and O–H groups in total. The molecular formula is C19H17Cl3N4O. The van der Waals surface area contributed by atoms with Gasteiger partial charge in [0.05, 0.1) is 20.6 Å². The molecule has 0 saturated carbocycles. The number of nitriles is 1. The molecule has 0 amide bonds. The van der Waals surface area contributed by atoms with Crippen LogP contribution in [-0.2, 0) is 0 Å². The van der Waals surface area contributed by atoms with E-state index in [2.05, 4.69) is 28.5 Å². The van der Waals surface area contributed by atoms with Crippen molar-refractivity contribution >= 4 is 40.5 Å². The van der Waals surface area contributed by atoms with Crippen LogP contribution in [-0.4, -0.2) is 16.7 Å². The van der Waals surface area contributed by atoms with Gasteiger partial charge in [0.2, 0.25) is 12.3 Å². The van der Waals surface area contributed by atoms with Crippen molar-refractivity contribution in [3.05, 3.63) is 62.9 Å². The average Bonchev–Trinajstić information content (AvgIpc) is 3.20. The Hall–Kier alpha value is -2.26. The van der Waals surface area contributed by atoms with Crippen molar-refractivity contribution in [3.8, 4) is 17.5 Å². The van der Waals surface area contributed by atoms with E-state index in [-0.39, 0.29) is 0 Å². The minimum Gasteiger partial charge on any atom is -0.423 e. The van der Waals surface area contributed by atoms with Crippen LogP contribution in [0.25, 0.3) is 11.5 Å². The number of halogens is 3. The molecule has 5 nitrogen and oxygen atoms in total. The normalized spacial score (nSPS) is 9.93. The van der Waals surface area contributed by atoms with Gasteiger partial charge >= 0.3 is 0 Å². The van der Waals surface area contributed by atoms with Gasteiger partial charge in [-0.3, -0.25) is 0 Å². The number of nitrogens with one attached hydrogen (secondary N) is 1. The molecule has 0 radical (unpaired) electrons. The van der Waals surface area contributed by atoms with Crippen molar-refractivity contribution in [3.63, 3.8) is 0 Å². The number of rotatable bonds is 4. The summed E-state index contributed by atoms with van der Waals surface area (Å²) in [6.45, 7) is 4.94. The molecule has 0 fully saturated rings. The predicted molar refractivity (Wildman–Crippen MR) is 109 cm³/mol. The van der Waals surface area contributed by atoms with Gasteiger partial charge in [-0.15, -0.1) is 10.2 Å². The Morgan fingerprint density at radius 1 is 1.15 bits per heavy atom. The molecule has 0 spiro atoms. The lowest BCUT2D eigenvalue weighted by Gasteiger charge is -2.10. The number of hydrogen-bond donors (Lipinski definition) is 1. The van der Waals surface area contributed by atoms with E-state index < -0.39 is 0 Å². The zero-order valence-corrected chi connectivity index (χ0v) is 17.0. The third-order valence-corrected chi connectivity index (χ3v) is 4.82. The summed E-state index contributed by atoms with van der Waals surface area (Å²) in [5.41, 5.74) is 3.24. The van der Waals surface area contributed by atoms with Crippen LogP contribution in [0.15, 0.2) is 41.1 Å². The van der Waals surface area contributed by atoms with Gasteiger partial charge in [-0.25, -0.2) is 0 Å². The topological polar surface area (TPSA) is 74.7 Å². The van der Waals surface area contributed by atoms with Crippen LogP contribution in [0.4, 0.5) is 5.69 Å². The van der Waals surface area contributed by atoms with Crippen molar-refractivity contribution < 1.29 is 4.42 Å². The summed E-state index contributed by atoms with van der Waals surface area (Å²) in [7, 11) is 0. The molecule has 3 rings (SSSR count). The summed E-state index contributed by atoms with van der Waals surface area (Å²) in [5.74, 6) is 0.429. The minimum atomic E-state index is 0.429. The zero-order chi connectivity index (χ0) is 19.8. The quantitative estimate of drug-likeness (QED) is 0.526. The van der Waals surface area contributed by atoms with Crippen LogP contribution < -0.4 is 5.32 Å². The smallest absolute Gasteiger partial charge is 0.247 e. The zero-order valence-electron chi connectivity index (χ0n) is 14.8. The van der Waals surface area contributed by atoms with E-state index in [1.165, 1.54) is 6.39 Å². The summed E-state index contributed by atoms with van der Waals surface area (Å²) in [6, 6.07) is 10.8. The first kappa shape index (κ1) is 21.0. The second-order valence-electron chi connectivity index (χ2n) is 5.51. The van der Waals surface area contributed by atoms with Gasteiger partial charge in [0.1, 0.15) is 6.07 Å². The van der Waals surface area contributed by atoms with Gasteiger partial charge in [-0.1, -0.05) is 41.7 Å². The average molecular weight is 424 g/mol. The number of nitrogens with zero attached hydrogens (tertiary/aromatic N) is 3. The lowest BCUT2D eigenvalue weighted by atomic mass is 10.1. The van der Waals surface area contributed by atoms with Crippen LogP contribution >= 0.6 is 34.8 Å². The largest absolute Gasteiger partial charge is 0.423 e. The highest BCUT2D eigenvalue weighted by atomic mass is 35.5. The van der Waals surface area contributed by atoms with Crippen LogP contribution in [0, 0.1) is 18.3 Å². The van der Waals surface area contributed by atoms with Crippen LogP contribution in [0.5, 0.6) is 0 Å². The van der Waals surface area contributed by atoms with E-state index in [4.69, 9.17) is 44.5 Å². The maximum Gasteiger partial charge on any atom is 0.247 e. The van der Waals surface area contributed by atoms with Crippen molar-refractivity contribution in [2.24, 2.45) is 0 Å². The molecule has 3 aromatic rings. The van der Waals surface area contributed by atoms with Gasteiger partial charge in [0, 0.05) is 17.8 Å². The van der Waals surface area contributed by atoms with Crippen LogP contribution in [0.1, 0.15) is 24.5 Å². The fourth-order valence-corrected chi connectivity index (χ4v) is 2.66. The summed E-state index contributed by atoms with van der Waals surface area (Å²) in [4.78, 5) is 0. The molecule has 0 aliphatic carbocycles. The first-order valence-corrected chi connectivity index (χ1v) is 9.26. The van der Waals surface area contributed by atoms with Gasteiger partial charge < -0.3 is 9.73 Å². The van der Waals surface area contributed by atoms with Crippen molar-refractivity contribution in [1.29, 1.82) is 5.26 Å². The molecule has 1 heterocycles. The van der Waals surface area contributed by atoms with Gasteiger partial charge in [-0.05, 0) is 49.2 Å². The molecule has 8 heteroatoms. The second-order valence-corrected chi connectivity index (χ2v) is 6.70. The van der Waals surface area contributed by atoms with Gasteiger partial charge in [0.15, 0.2) is 0 Å². The van der Waals surface area contributed by atoms with Crippen molar-refractivity contribution in [1.82, 2.24) is 10.2 Å². The number of anilines is 1. The fraction of sp³-hybridized carbons (Fsp3) is 0.211. The Morgan fingerprint density at radius 3 is 2.52 bits per heavy atom. The van der Waals surface area contributed by atoms with E-state index in [1.54, 1.807) is 24.3 Å². The molecule has 140 valence electrons. The van der Waals surface area contributed by atoms with Crippen molar-refractivity contribution in [2.75, 3.05) is 11.9 Å². The SMILES string of the molecule is CCCNc1ccc(C#N)c(Cl)c1C.Clc1ccc(-c2nnco2)cc1Cl. The molecule has 0 saturated heterocycles. The number of aromatic nitrogens is 2. The molecule has 0 aliphatic rings. The molecule has 27 heavy (non-hydrogen) atoms. The van der Waals surface area contributed by atoms with E-state index >= 15 is 0 Å². The highest BCUT2D eigenvalue weighted by molar-refractivity contribution is 6.42. The van der Waals surface area contributed by atoms with Gasteiger partial charge in [-0.2, -0.15) is 5.26 Å². The Morgan fingerprint density at radius 2 is 1.93 bits per heavy atom. The van der Waals surface area contributed by atoms with Crippen LogP contribution in [0.2, 0.25) is 15.1 Å². The summed E-state index contributed by atoms with van der Waals surface area (Å²) in [5, 5.41) is 20.8. The second kappa shape index (κ2) is 10.2. The molecule has 0 atom stereocenters. The Kier molecular flexibility index (Phi) is 7.93. The molecule has 2 aromatic carbocycles. The third-order valence-electron chi connectivity index (χ3n) is 3.60. The minimum absolute atomic E-state index is 0.429. The lowest BCUT2D eigenvalue weighted by Crippen LogP contribution is -2.02. The first-order valence-electron chi connectivity index (χ1n) is 8.12. The first-order chi connectivity index (χ1) is 13.0. The summed E-state index contributed by atoms with van der Waals surface area (Å²) < 4.78 is 4.99. The predicted octanol–water partition coefficient (Wildman–Crippen LogP) is 6.39. The molecular weight excluding hydrogens is 407 g/mol. The number of hydrogen-bond acceptors (Lipinski definition) is 5. The van der Waals surface area contributed by atoms with E-state index in [0.29, 0.717) is 26.5 Å². The highest BCUT2D eigenvalue weighted by Crippen LogP contribution is 2.27. The highest BCUT2D eigenvalue weighted by Gasteiger charge is 2.07. The molecule has 0 bridgehead atoms. The lowest BCUT2D eigenvalue weighted by molar-refractivity contribution is 0.568. The van der Waals surface area contributed by atoms with E-state index in [1.807, 2.05) is 13.0 Å². The maximum absolute atomic E-state index is 8.75. The molecule has 0 aliphatic heterocycles. The fourth-order valence-electron chi connectivity index (χ4n) is 2.15. The monoisotopic (exact) mass is 422 g/mol. The van der Waals surface area contributed by atoms with E-state index in [0.717, 1.165) is 29.8 Å². The Balaban J connectivity index is 0.000000194. The van der Waals surface area contributed by atoms with Gasteiger partial charge in [0.25, 0.3) is 0 Å². The number of benzene rings is 2. The third kappa shape index (κ3) is 5.61. The summed E-state index contributed by atoms with van der Waals surface area (Å²) >= 11 is 17.6. The van der Waals surface area contributed by atoms with E-state index in [9.17, 15) is 0 Å². The maximum atomic E-state index is 8.75. The standard InChI is InChI=1S/C11H13ClN2.C8H4Cl2N2O/c1-3-6-14-10-5-4-9(7-13)11(12)8(10)2;9-6-2-1-5(3-7(6)10)8-12-11-4-13-8/h4-5,14H,3,6H2,1-2H3;1-4H.